The SMILES string of the molecule is CCOC(=O)N[C@@H]1CC[C@@H]2[C@@H](C1)C[C@H]1[C@H](CS(=O)(=O)N1C)[C@H]2C=Cc1ccc(-c2cccc(F)c2)cn1. The molecule has 7 nitrogen and oxygen atoms in total. The van der Waals surface area contributed by atoms with Crippen molar-refractivity contribution >= 4 is 22.2 Å². The van der Waals surface area contributed by atoms with Crippen LogP contribution in [0.4, 0.5) is 9.18 Å². The normalized spacial score (nSPS) is 31.0. The molecule has 3 aliphatic rings. The molecule has 2 aliphatic carbocycles. The van der Waals surface area contributed by atoms with Gasteiger partial charge in [0.15, 0.2) is 0 Å². The largest absolute Gasteiger partial charge is 0.450 e. The summed E-state index contributed by atoms with van der Waals surface area (Å²) in [5.74, 6) is 0.696. The van der Waals surface area contributed by atoms with Crippen LogP contribution in [0.1, 0.15) is 38.3 Å². The number of fused-ring (bicyclic) bond motifs is 2. The first kappa shape index (κ1) is 25.9. The fraction of sp³-hybridized carbons (Fsp3) is 0.500. The van der Waals surface area contributed by atoms with E-state index >= 15 is 0 Å². The van der Waals surface area contributed by atoms with Gasteiger partial charge in [0.2, 0.25) is 10.0 Å². The Morgan fingerprint density at radius 1 is 1.19 bits per heavy atom. The highest BCUT2D eigenvalue weighted by Crippen LogP contribution is 2.51. The van der Waals surface area contributed by atoms with Gasteiger partial charge in [-0.15, -0.1) is 0 Å². The monoisotopic (exact) mass is 527 g/mol. The highest BCUT2D eigenvalue weighted by atomic mass is 32.2. The number of nitrogens with one attached hydrogen (secondary N) is 1. The Bertz CT molecular complexity index is 1270. The number of hydrogen-bond acceptors (Lipinski definition) is 5. The van der Waals surface area contributed by atoms with Gasteiger partial charge >= 0.3 is 6.09 Å². The number of allylic oxidation sites excluding steroid dienone is 1. The van der Waals surface area contributed by atoms with Gasteiger partial charge in [-0.25, -0.2) is 21.9 Å². The molecular formula is C28H34FN3O4S. The van der Waals surface area contributed by atoms with E-state index in [2.05, 4.69) is 16.4 Å². The van der Waals surface area contributed by atoms with Crippen LogP contribution in [0.2, 0.25) is 0 Å². The zero-order chi connectivity index (χ0) is 26.2. The van der Waals surface area contributed by atoms with Crippen LogP contribution in [0, 0.1) is 29.5 Å². The Balaban J connectivity index is 1.36. The molecule has 1 saturated heterocycles. The fourth-order valence-electron chi connectivity index (χ4n) is 6.64. The Hall–Kier alpha value is -2.78. The van der Waals surface area contributed by atoms with Crippen molar-refractivity contribution in [3.05, 3.63) is 60.2 Å². The van der Waals surface area contributed by atoms with Crippen molar-refractivity contribution in [2.45, 2.75) is 44.7 Å². The Morgan fingerprint density at radius 2 is 2.03 bits per heavy atom. The minimum atomic E-state index is -3.28. The molecule has 2 heterocycles. The maximum atomic E-state index is 13.6. The first-order chi connectivity index (χ1) is 17.7. The molecule has 0 radical (unpaired) electrons. The van der Waals surface area contributed by atoms with Gasteiger partial charge in [0.05, 0.1) is 18.1 Å². The number of sulfonamides is 1. The van der Waals surface area contributed by atoms with Gasteiger partial charge in [-0.05, 0) is 86.1 Å². The van der Waals surface area contributed by atoms with E-state index in [1.165, 1.54) is 12.1 Å². The molecule has 1 aromatic heterocycles. The lowest BCUT2D eigenvalue weighted by Crippen LogP contribution is -2.50. The van der Waals surface area contributed by atoms with Crippen LogP contribution < -0.4 is 5.32 Å². The van der Waals surface area contributed by atoms with Crippen LogP contribution in [0.3, 0.4) is 0 Å². The average molecular weight is 528 g/mol. The van der Waals surface area contributed by atoms with Crippen LogP contribution in [-0.4, -0.2) is 55.3 Å². The summed E-state index contributed by atoms with van der Waals surface area (Å²) >= 11 is 0. The van der Waals surface area contributed by atoms with Crippen molar-refractivity contribution in [1.82, 2.24) is 14.6 Å². The van der Waals surface area contributed by atoms with Gasteiger partial charge < -0.3 is 10.1 Å². The van der Waals surface area contributed by atoms with Crippen LogP contribution in [0.25, 0.3) is 17.2 Å². The number of amides is 1. The number of aromatic nitrogens is 1. The van der Waals surface area contributed by atoms with E-state index in [-0.39, 0.29) is 41.6 Å². The third kappa shape index (κ3) is 5.43. The number of carbonyl (C=O) groups is 1. The van der Waals surface area contributed by atoms with Crippen LogP contribution in [0.5, 0.6) is 0 Å². The molecule has 1 N–H and O–H groups in total. The van der Waals surface area contributed by atoms with E-state index in [1.54, 1.807) is 30.5 Å². The molecule has 1 aromatic carbocycles. The lowest BCUT2D eigenvalue weighted by Gasteiger charge is -2.48. The van der Waals surface area contributed by atoms with Crippen LogP contribution in [-0.2, 0) is 14.8 Å². The highest BCUT2D eigenvalue weighted by molar-refractivity contribution is 7.89. The van der Waals surface area contributed by atoms with Crippen LogP contribution in [0.15, 0.2) is 48.7 Å². The van der Waals surface area contributed by atoms with E-state index in [0.717, 1.165) is 42.5 Å². The molecule has 0 unspecified atom stereocenters. The summed E-state index contributed by atoms with van der Waals surface area (Å²) in [6, 6.07) is 10.3. The average Bonchev–Trinajstić information content (AvgIpc) is 3.10. The molecule has 2 aromatic rings. The first-order valence-electron chi connectivity index (χ1n) is 13.0. The van der Waals surface area contributed by atoms with Crippen molar-refractivity contribution in [3.8, 4) is 11.1 Å². The van der Waals surface area contributed by atoms with E-state index in [9.17, 15) is 17.6 Å². The van der Waals surface area contributed by atoms with Gasteiger partial charge in [-0.1, -0.05) is 24.3 Å². The van der Waals surface area contributed by atoms with Gasteiger partial charge in [-0.3, -0.25) is 4.98 Å². The Morgan fingerprint density at radius 3 is 2.76 bits per heavy atom. The molecule has 9 heteroatoms. The smallest absolute Gasteiger partial charge is 0.407 e. The lowest BCUT2D eigenvalue weighted by atomic mass is 9.59. The molecule has 37 heavy (non-hydrogen) atoms. The second-order valence-corrected chi connectivity index (χ2v) is 12.6. The van der Waals surface area contributed by atoms with Gasteiger partial charge in [0.25, 0.3) is 0 Å². The molecule has 0 spiro atoms. The van der Waals surface area contributed by atoms with E-state index in [4.69, 9.17) is 4.74 Å². The molecule has 198 valence electrons. The van der Waals surface area contributed by atoms with Gasteiger partial charge in [-0.2, -0.15) is 0 Å². The molecule has 2 saturated carbocycles. The lowest BCUT2D eigenvalue weighted by molar-refractivity contribution is 0.0407. The highest BCUT2D eigenvalue weighted by Gasteiger charge is 2.53. The number of hydrogen-bond donors (Lipinski definition) is 1. The quantitative estimate of drug-likeness (QED) is 0.608. The number of benzene rings is 1. The Kier molecular flexibility index (Phi) is 7.36. The number of pyridine rings is 1. The predicted octanol–water partition coefficient (Wildman–Crippen LogP) is 4.71. The standard InChI is InChI=1S/C28H34FN3O4S/c1-3-36-28(33)31-23-10-11-24-20(14-23)15-27-26(17-37(34,35)32(27)2)25(24)12-9-22-8-7-19(16-30-22)18-5-4-6-21(29)13-18/h4-9,12-13,16,20,23-27H,3,10-11,14-15,17H2,1-2H3,(H,31,33)/t20-,23+,24+,25-,26+,27-/m0/s1. The third-order valence-electron chi connectivity index (χ3n) is 8.41. The number of rotatable bonds is 5. The molecule has 6 atom stereocenters. The van der Waals surface area contributed by atoms with Gasteiger partial charge in [0, 0.05) is 30.9 Å². The summed E-state index contributed by atoms with van der Waals surface area (Å²) in [7, 11) is -1.58. The van der Waals surface area contributed by atoms with E-state index in [0.29, 0.717) is 18.4 Å². The minimum absolute atomic E-state index is 0.0358. The van der Waals surface area contributed by atoms with E-state index in [1.807, 2.05) is 24.3 Å². The van der Waals surface area contributed by atoms with Crippen LogP contribution >= 0.6 is 0 Å². The number of ether oxygens (including phenoxy) is 1. The summed E-state index contributed by atoms with van der Waals surface area (Å²) in [6.45, 7) is 2.12. The number of halogens is 1. The summed E-state index contributed by atoms with van der Waals surface area (Å²) in [4.78, 5) is 16.6. The van der Waals surface area contributed by atoms with Crippen molar-refractivity contribution < 1.29 is 22.3 Å². The second kappa shape index (κ2) is 10.5. The topological polar surface area (TPSA) is 88.6 Å². The minimum Gasteiger partial charge on any atom is -0.450 e. The fourth-order valence-corrected chi connectivity index (χ4v) is 8.46. The number of carbonyl (C=O) groups excluding carboxylic acids is 1. The number of alkyl carbamates (subject to hydrolysis) is 1. The molecule has 0 bridgehead atoms. The Labute approximate surface area is 218 Å². The molecule has 1 aliphatic heterocycles. The third-order valence-corrected chi connectivity index (χ3v) is 10.4. The maximum absolute atomic E-state index is 13.6. The predicted molar refractivity (Wildman–Crippen MR) is 140 cm³/mol. The van der Waals surface area contributed by atoms with Gasteiger partial charge in [0.1, 0.15) is 5.82 Å². The summed E-state index contributed by atoms with van der Waals surface area (Å²) in [5.41, 5.74) is 2.39. The molecule has 3 fully saturated rings. The summed E-state index contributed by atoms with van der Waals surface area (Å²) in [6.07, 6.45) is 8.92. The maximum Gasteiger partial charge on any atom is 0.407 e. The summed E-state index contributed by atoms with van der Waals surface area (Å²) < 4.78 is 45.9. The summed E-state index contributed by atoms with van der Waals surface area (Å²) in [5, 5.41) is 2.99. The second-order valence-electron chi connectivity index (χ2n) is 10.5. The van der Waals surface area contributed by atoms with Crippen molar-refractivity contribution in [2.75, 3.05) is 19.4 Å². The van der Waals surface area contributed by atoms with Crippen molar-refractivity contribution in [1.29, 1.82) is 0 Å². The van der Waals surface area contributed by atoms with Crippen molar-refractivity contribution in [3.63, 3.8) is 0 Å². The first-order valence-corrected chi connectivity index (χ1v) is 14.6. The zero-order valence-electron chi connectivity index (χ0n) is 21.2. The van der Waals surface area contributed by atoms with Crippen molar-refractivity contribution in [2.24, 2.45) is 23.7 Å². The number of nitrogens with zero attached hydrogens (tertiary/aromatic N) is 2. The molecule has 5 rings (SSSR count). The molecular weight excluding hydrogens is 493 g/mol. The molecule has 1 amide bonds. The van der Waals surface area contributed by atoms with E-state index < -0.39 is 10.0 Å². The zero-order valence-corrected chi connectivity index (χ0v) is 22.0.